The maximum Gasteiger partial charge on any atom is 0.277 e. The lowest BCUT2D eigenvalue weighted by Gasteiger charge is -2.09. The first kappa shape index (κ1) is 17.4. The van der Waals surface area contributed by atoms with E-state index in [0.717, 1.165) is 31.4 Å². The molecule has 0 aromatic heterocycles. The van der Waals surface area contributed by atoms with Crippen molar-refractivity contribution in [1.29, 1.82) is 0 Å². The molecule has 1 fully saturated rings. The fourth-order valence-corrected chi connectivity index (χ4v) is 2.77. The quantitative estimate of drug-likeness (QED) is 0.472. The van der Waals surface area contributed by atoms with Gasteiger partial charge in [0.25, 0.3) is 5.91 Å². The number of hydrogen-bond acceptors (Lipinski definition) is 3. The molecule has 1 N–H and O–H groups in total. The molecule has 0 spiro atoms. The number of amides is 1. The minimum Gasteiger partial charge on any atom is -0.482 e. The van der Waals surface area contributed by atoms with Crippen LogP contribution in [0.3, 0.4) is 0 Å². The molecule has 0 saturated heterocycles. The van der Waals surface area contributed by atoms with Crippen molar-refractivity contribution >= 4 is 46.4 Å². The Kier molecular flexibility index (Phi) is 6.80. The Morgan fingerprint density at radius 3 is 2.36 bits per heavy atom. The van der Waals surface area contributed by atoms with Gasteiger partial charge in [0, 0.05) is 11.8 Å². The highest BCUT2D eigenvalue weighted by atomic mass is 35.5. The topological polar surface area (TPSA) is 50.7 Å². The highest BCUT2D eigenvalue weighted by Gasteiger charge is 2.10. The second-order valence-electron chi connectivity index (χ2n) is 5.11. The third kappa shape index (κ3) is 5.34. The number of nitrogens with zero attached hydrogens (tertiary/aromatic N) is 1. The van der Waals surface area contributed by atoms with E-state index in [9.17, 15) is 4.79 Å². The van der Waals surface area contributed by atoms with Crippen LogP contribution in [0.1, 0.15) is 38.5 Å². The molecule has 1 aliphatic rings. The van der Waals surface area contributed by atoms with Crippen LogP contribution in [0, 0.1) is 0 Å². The molecule has 1 aliphatic carbocycles. The fourth-order valence-electron chi connectivity index (χ4n) is 2.18. The average molecular weight is 364 g/mol. The van der Waals surface area contributed by atoms with Gasteiger partial charge in [-0.3, -0.25) is 4.79 Å². The molecule has 0 heterocycles. The molecule has 0 unspecified atom stereocenters. The lowest BCUT2D eigenvalue weighted by molar-refractivity contribution is -0.123. The number of ether oxygens (including phenoxy) is 1. The van der Waals surface area contributed by atoms with Gasteiger partial charge >= 0.3 is 0 Å². The molecule has 22 heavy (non-hydrogen) atoms. The first-order valence-corrected chi connectivity index (χ1v) is 8.31. The monoisotopic (exact) mass is 362 g/mol. The Morgan fingerprint density at radius 2 is 1.68 bits per heavy atom. The Labute approximate surface area is 144 Å². The van der Waals surface area contributed by atoms with Crippen LogP contribution in [0.2, 0.25) is 15.1 Å². The number of rotatable bonds is 4. The van der Waals surface area contributed by atoms with E-state index < -0.39 is 0 Å². The van der Waals surface area contributed by atoms with E-state index in [4.69, 9.17) is 39.5 Å². The van der Waals surface area contributed by atoms with Crippen LogP contribution < -0.4 is 10.2 Å². The lowest BCUT2D eigenvalue weighted by Crippen LogP contribution is -2.25. The maximum atomic E-state index is 11.8. The van der Waals surface area contributed by atoms with Gasteiger partial charge < -0.3 is 4.74 Å². The fraction of sp³-hybridized carbons (Fsp3) is 0.467. The highest BCUT2D eigenvalue weighted by molar-refractivity contribution is 6.43. The van der Waals surface area contributed by atoms with E-state index in [0.29, 0.717) is 20.8 Å². The maximum absolute atomic E-state index is 11.8. The van der Waals surface area contributed by atoms with Gasteiger partial charge in [-0.15, -0.1) is 0 Å². The summed E-state index contributed by atoms with van der Waals surface area (Å²) in [7, 11) is 0. The second-order valence-corrected chi connectivity index (χ2v) is 6.33. The second kappa shape index (κ2) is 8.61. The van der Waals surface area contributed by atoms with Crippen LogP contribution in [0.4, 0.5) is 0 Å². The summed E-state index contributed by atoms with van der Waals surface area (Å²) in [4.78, 5) is 11.8. The molecular weight excluding hydrogens is 347 g/mol. The van der Waals surface area contributed by atoms with Gasteiger partial charge in [0.1, 0.15) is 5.75 Å². The van der Waals surface area contributed by atoms with E-state index in [1.165, 1.54) is 25.0 Å². The van der Waals surface area contributed by atoms with E-state index in [1.54, 1.807) is 0 Å². The molecule has 1 aromatic rings. The van der Waals surface area contributed by atoms with Gasteiger partial charge in [0.2, 0.25) is 0 Å². The number of carbonyl (C=O) groups is 1. The highest BCUT2D eigenvalue weighted by Crippen LogP contribution is 2.33. The van der Waals surface area contributed by atoms with Crippen molar-refractivity contribution in [2.24, 2.45) is 5.10 Å². The smallest absolute Gasteiger partial charge is 0.277 e. The summed E-state index contributed by atoms with van der Waals surface area (Å²) >= 11 is 17.7. The molecule has 1 saturated carbocycles. The number of hydrogen-bond donors (Lipinski definition) is 1. The molecule has 0 aliphatic heterocycles. The molecule has 0 atom stereocenters. The van der Waals surface area contributed by atoms with Gasteiger partial charge in [-0.1, -0.05) is 47.6 Å². The zero-order chi connectivity index (χ0) is 15.9. The summed E-state index contributed by atoms with van der Waals surface area (Å²) < 4.78 is 5.34. The van der Waals surface area contributed by atoms with Crippen LogP contribution >= 0.6 is 34.8 Å². The Hall–Kier alpha value is -0.970. The molecule has 2 rings (SSSR count). The minimum atomic E-state index is -0.334. The summed E-state index contributed by atoms with van der Waals surface area (Å²) in [6, 6.07) is 2.96. The van der Waals surface area contributed by atoms with Gasteiger partial charge in [0.05, 0.1) is 15.1 Å². The standard InChI is InChI=1S/C15H17Cl3N2O2/c16-11-7-13(18)14(8-12(11)17)22-9-15(21)20-19-10-5-3-1-2-4-6-10/h7-8H,1-6,9H2,(H,20,21). The molecule has 120 valence electrons. The van der Waals surface area contributed by atoms with Crippen LogP contribution in [0.15, 0.2) is 17.2 Å². The van der Waals surface area contributed by atoms with E-state index in [2.05, 4.69) is 10.5 Å². The molecule has 0 radical (unpaired) electrons. The Balaban J connectivity index is 1.85. The molecule has 0 bridgehead atoms. The largest absolute Gasteiger partial charge is 0.482 e. The summed E-state index contributed by atoms with van der Waals surface area (Å²) in [5.41, 5.74) is 3.56. The Morgan fingerprint density at radius 1 is 1.05 bits per heavy atom. The lowest BCUT2D eigenvalue weighted by atomic mass is 10.2. The predicted octanol–water partition coefficient (Wildman–Crippen LogP) is 4.85. The SMILES string of the molecule is O=C(COc1cc(Cl)c(Cl)cc1Cl)NN=C1CCCCCC1. The van der Waals surface area contributed by atoms with Crippen molar-refractivity contribution in [3.63, 3.8) is 0 Å². The van der Waals surface area contributed by atoms with Crippen molar-refractivity contribution in [2.75, 3.05) is 6.61 Å². The van der Waals surface area contributed by atoms with Crippen molar-refractivity contribution in [3.05, 3.63) is 27.2 Å². The third-order valence-corrected chi connectivity index (χ3v) is 4.37. The van der Waals surface area contributed by atoms with Crippen molar-refractivity contribution in [2.45, 2.75) is 38.5 Å². The summed E-state index contributed by atoms with van der Waals surface area (Å²) in [6.45, 7) is -0.186. The van der Waals surface area contributed by atoms with Crippen LogP contribution in [-0.2, 0) is 4.79 Å². The predicted molar refractivity (Wildman–Crippen MR) is 90.2 cm³/mol. The summed E-state index contributed by atoms with van der Waals surface area (Å²) in [5, 5.41) is 5.13. The van der Waals surface area contributed by atoms with Gasteiger partial charge in [-0.2, -0.15) is 5.10 Å². The number of nitrogens with one attached hydrogen (secondary N) is 1. The normalized spacial score (nSPS) is 15.1. The molecular formula is C15H17Cl3N2O2. The summed E-state index contributed by atoms with van der Waals surface area (Å²) in [6.07, 6.45) is 6.60. The first-order chi connectivity index (χ1) is 10.6. The molecule has 1 amide bonds. The number of hydrazone groups is 1. The molecule has 1 aromatic carbocycles. The molecule has 4 nitrogen and oxygen atoms in total. The molecule has 7 heteroatoms. The van der Waals surface area contributed by atoms with E-state index in [-0.39, 0.29) is 12.5 Å². The van der Waals surface area contributed by atoms with Crippen LogP contribution in [0.25, 0.3) is 0 Å². The number of carbonyl (C=O) groups excluding carboxylic acids is 1. The third-order valence-electron chi connectivity index (χ3n) is 3.35. The van der Waals surface area contributed by atoms with Crippen molar-refractivity contribution in [3.8, 4) is 5.75 Å². The van der Waals surface area contributed by atoms with Gasteiger partial charge in [-0.05, 0) is 31.7 Å². The van der Waals surface area contributed by atoms with Gasteiger partial charge in [0.15, 0.2) is 6.61 Å². The minimum absolute atomic E-state index is 0.186. The zero-order valence-corrected chi connectivity index (χ0v) is 14.3. The van der Waals surface area contributed by atoms with Gasteiger partial charge in [-0.25, -0.2) is 5.43 Å². The first-order valence-electron chi connectivity index (χ1n) is 7.18. The number of halogens is 3. The van der Waals surface area contributed by atoms with E-state index in [1.807, 2.05) is 0 Å². The Bertz CT molecular complexity index is 566. The van der Waals surface area contributed by atoms with Crippen LogP contribution in [-0.4, -0.2) is 18.2 Å². The van der Waals surface area contributed by atoms with E-state index >= 15 is 0 Å². The number of benzene rings is 1. The van der Waals surface area contributed by atoms with Crippen molar-refractivity contribution in [1.82, 2.24) is 5.43 Å². The van der Waals surface area contributed by atoms with Crippen molar-refractivity contribution < 1.29 is 9.53 Å². The summed E-state index contributed by atoms with van der Waals surface area (Å²) in [5.74, 6) is -0.0211. The zero-order valence-electron chi connectivity index (χ0n) is 12.0. The van der Waals surface area contributed by atoms with Crippen LogP contribution in [0.5, 0.6) is 5.75 Å². The average Bonchev–Trinajstić information content (AvgIpc) is 2.76.